The van der Waals surface area contributed by atoms with Crippen molar-refractivity contribution in [2.24, 2.45) is 0 Å². The van der Waals surface area contributed by atoms with Gasteiger partial charge in [-0.05, 0) is 36.4 Å². The molecule has 9 rings (SSSR count). The lowest BCUT2D eigenvalue weighted by Crippen LogP contribution is -2.01. The maximum atomic E-state index is 8.64. The number of benzene rings is 6. The minimum atomic E-state index is -0.606. The van der Waals surface area contributed by atoms with Crippen molar-refractivity contribution in [1.82, 2.24) is 19.5 Å². The van der Waals surface area contributed by atoms with E-state index in [0.29, 0.717) is 5.56 Å². The van der Waals surface area contributed by atoms with E-state index in [-0.39, 0.29) is 28.6 Å². The molecule has 0 aliphatic carbocycles. The van der Waals surface area contributed by atoms with E-state index in [1.165, 1.54) is 0 Å². The highest BCUT2D eigenvalue weighted by Crippen LogP contribution is 2.38. The first-order valence-corrected chi connectivity index (χ1v) is 13.8. The molecule has 0 amide bonds. The standard InChI is InChI=1S/C39H24N4O/c1-3-12-25(13-4-1)37-40-38(26-14-5-2-6-15-26)42-39(41-37)27-16-11-17-28(22-27)43-33-20-9-7-18-29(33)31-24-36-32(23-34(31)43)30-19-8-10-21-35(30)44-36/h1-24H/i1D,2D,3D,4D,5D,6D,12D,13D,14D,15D. The van der Waals surface area contributed by atoms with Crippen LogP contribution >= 0.6 is 0 Å². The molecule has 0 unspecified atom stereocenters. The Labute approximate surface area is 266 Å². The van der Waals surface area contributed by atoms with Gasteiger partial charge in [0.05, 0.1) is 24.7 Å². The van der Waals surface area contributed by atoms with Crippen LogP contribution in [0.3, 0.4) is 0 Å². The van der Waals surface area contributed by atoms with Gasteiger partial charge in [-0.1, -0.05) is 109 Å². The van der Waals surface area contributed by atoms with E-state index in [2.05, 4.69) is 25.6 Å². The summed E-state index contributed by atoms with van der Waals surface area (Å²) in [6.07, 6.45) is 0. The largest absolute Gasteiger partial charge is 0.456 e. The summed E-state index contributed by atoms with van der Waals surface area (Å²) in [6, 6.07) is 21.3. The first kappa shape index (κ1) is 16.5. The molecule has 9 aromatic rings. The van der Waals surface area contributed by atoms with Crippen LogP contribution in [-0.4, -0.2) is 19.5 Å². The van der Waals surface area contributed by atoms with Crippen LogP contribution in [0.2, 0.25) is 0 Å². The lowest BCUT2D eigenvalue weighted by atomic mass is 10.1. The number of fused-ring (bicyclic) bond motifs is 6. The number of aromatic nitrogens is 4. The van der Waals surface area contributed by atoms with Gasteiger partial charge in [0.25, 0.3) is 0 Å². The predicted octanol–water partition coefficient (Wildman–Crippen LogP) is 9.87. The maximum Gasteiger partial charge on any atom is 0.164 e. The summed E-state index contributed by atoms with van der Waals surface area (Å²) in [5, 5.41) is 3.88. The second-order valence-electron chi connectivity index (χ2n) is 10.2. The molecule has 0 spiro atoms. The van der Waals surface area contributed by atoms with Crippen molar-refractivity contribution in [2.75, 3.05) is 0 Å². The predicted molar refractivity (Wildman–Crippen MR) is 178 cm³/mol. The molecule has 0 atom stereocenters. The average molecular weight is 575 g/mol. The Hall–Kier alpha value is -6.07. The Bertz CT molecular complexity index is 2940. The maximum absolute atomic E-state index is 8.64. The molecule has 0 fully saturated rings. The quantitative estimate of drug-likeness (QED) is 0.210. The molecule has 0 saturated heterocycles. The van der Waals surface area contributed by atoms with Gasteiger partial charge in [-0.25, -0.2) is 15.0 Å². The summed E-state index contributed by atoms with van der Waals surface area (Å²) in [5.41, 5.74) is 3.85. The molecule has 3 aromatic heterocycles. The smallest absolute Gasteiger partial charge is 0.164 e. The molecule has 0 radical (unpaired) electrons. The van der Waals surface area contributed by atoms with Gasteiger partial charge in [-0.3, -0.25) is 0 Å². The molecule has 6 aromatic carbocycles. The lowest BCUT2D eigenvalue weighted by molar-refractivity contribution is 0.669. The second-order valence-corrected chi connectivity index (χ2v) is 10.2. The molecular weight excluding hydrogens is 540 g/mol. The summed E-state index contributed by atoms with van der Waals surface area (Å²) >= 11 is 0. The van der Waals surface area contributed by atoms with Gasteiger partial charge in [0.15, 0.2) is 17.5 Å². The third kappa shape index (κ3) is 3.91. The van der Waals surface area contributed by atoms with E-state index < -0.39 is 60.4 Å². The van der Waals surface area contributed by atoms with E-state index in [1.807, 2.05) is 66.7 Å². The molecule has 5 nitrogen and oxygen atoms in total. The molecule has 206 valence electrons. The normalized spacial score (nSPS) is 14.8. The van der Waals surface area contributed by atoms with E-state index in [0.717, 1.165) is 49.4 Å². The Morgan fingerprint density at radius 1 is 0.477 bits per heavy atom. The van der Waals surface area contributed by atoms with Crippen LogP contribution in [0.15, 0.2) is 150 Å². The SMILES string of the molecule is [2H]c1c([2H])c([2H])c(-c2nc(-c3cccc(-n4c5ccccc5c5cc6oc7ccccc7c6cc54)c3)nc(-c3c([2H])c([2H])c([2H])c([2H])c3[2H])n2)c([2H])c1[2H]. The minimum absolute atomic E-state index is 0.0144. The third-order valence-electron chi connectivity index (χ3n) is 7.62. The number of rotatable bonds is 4. The highest BCUT2D eigenvalue weighted by atomic mass is 16.3. The molecule has 0 N–H and O–H groups in total. The first-order valence-electron chi connectivity index (χ1n) is 18.8. The molecule has 5 heteroatoms. The average Bonchev–Trinajstić information content (AvgIpc) is 3.71. The van der Waals surface area contributed by atoms with Crippen molar-refractivity contribution in [3.63, 3.8) is 0 Å². The molecule has 3 heterocycles. The highest BCUT2D eigenvalue weighted by molar-refractivity contribution is 6.17. The Kier molecular flexibility index (Phi) is 3.66. The fourth-order valence-electron chi connectivity index (χ4n) is 5.70. The van der Waals surface area contributed by atoms with Crippen molar-refractivity contribution in [1.29, 1.82) is 0 Å². The Morgan fingerprint density at radius 3 is 1.84 bits per heavy atom. The zero-order valence-corrected chi connectivity index (χ0v) is 22.8. The topological polar surface area (TPSA) is 56.7 Å². The van der Waals surface area contributed by atoms with Crippen LogP contribution in [0.5, 0.6) is 0 Å². The van der Waals surface area contributed by atoms with Gasteiger partial charge >= 0.3 is 0 Å². The summed E-state index contributed by atoms with van der Waals surface area (Å²) in [6.45, 7) is 0. The third-order valence-corrected chi connectivity index (χ3v) is 7.62. The summed E-state index contributed by atoms with van der Waals surface area (Å²) in [5.74, 6) is -0.662. The number of nitrogens with zero attached hydrogens (tertiary/aromatic N) is 4. The van der Waals surface area contributed by atoms with Crippen LogP contribution in [-0.2, 0) is 0 Å². The summed E-state index contributed by atoms with van der Waals surface area (Å²) < 4.78 is 92.2. The number of hydrogen-bond donors (Lipinski definition) is 0. The number of furan rings is 1. The van der Waals surface area contributed by atoms with Gasteiger partial charge < -0.3 is 8.98 Å². The zero-order chi connectivity index (χ0) is 37.7. The van der Waals surface area contributed by atoms with Crippen molar-refractivity contribution in [2.45, 2.75) is 0 Å². The fourth-order valence-corrected chi connectivity index (χ4v) is 5.70. The monoisotopic (exact) mass is 574 g/mol. The van der Waals surface area contributed by atoms with E-state index in [1.54, 1.807) is 12.1 Å². The van der Waals surface area contributed by atoms with Crippen LogP contribution in [0.4, 0.5) is 0 Å². The van der Waals surface area contributed by atoms with Crippen molar-refractivity contribution in [3.05, 3.63) is 145 Å². The Balaban J connectivity index is 1.32. The molecule has 0 bridgehead atoms. The van der Waals surface area contributed by atoms with Gasteiger partial charge in [-0.2, -0.15) is 0 Å². The van der Waals surface area contributed by atoms with Gasteiger partial charge in [0, 0.05) is 43.9 Å². The van der Waals surface area contributed by atoms with Gasteiger partial charge in [0.2, 0.25) is 0 Å². The van der Waals surface area contributed by atoms with Crippen molar-refractivity contribution >= 4 is 43.7 Å². The summed E-state index contributed by atoms with van der Waals surface area (Å²) in [4.78, 5) is 13.6. The van der Waals surface area contributed by atoms with Crippen molar-refractivity contribution in [3.8, 4) is 39.9 Å². The number of hydrogen-bond acceptors (Lipinski definition) is 4. The molecule has 0 aliphatic rings. The van der Waals surface area contributed by atoms with Crippen LogP contribution < -0.4 is 0 Å². The molecule has 44 heavy (non-hydrogen) atoms. The molecule has 0 saturated carbocycles. The zero-order valence-electron chi connectivity index (χ0n) is 32.8. The van der Waals surface area contributed by atoms with Crippen LogP contribution in [0.1, 0.15) is 13.7 Å². The van der Waals surface area contributed by atoms with E-state index in [4.69, 9.17) is 18.1 Å². The van der Waals surface area contributed by atoms with Crippen LogP contribution in [0, 0.1) is 0 Å². The minimum Gasteiger partial charge on any atom is -0.456 e. The highest BCUT2D eigenvalue weighted by Gasteiger charge is 2.18. The van der Waals surface area contributed by atoms with Gasteiger partial charge in [-0.15, -0.1) is 0 Å². The number of para-hydroxylation sites is 2. The molecular formula is C39H24N4O. The molecule has 0 aliphatic heterocycles. The lowest BCUT2D eigenvalue weighted by Gasteiger charge is -2.11. The second kappa shape index (κ2) is 9.75. The Morgan fingerprint density at radius 2 is 1.11 bits per heavy atom. The summed E-state index contributed by atoms with van der Waals surface area (Å²) in [7, 11) is 0. The van der Waals surface area contributed by atoms with Crippen LogP contribution in [0.25, 0.3) is 83.6 Å². The van der Waals surface area contributed by atoms with Gasteiger partial charge in [0.1, 0.15) is 11.2 Å². The first-order chi connectivity index (χ1) is 25.9. The van der Waals surface area contributed by atoms with Crippen molar-refractivity contribution < 1.29 is 18.1 Å². The fraction of sp³-hybridized carbons (Fsp3) is 0. The van der Waals surface area contributed by atoms with E-state index >= 15 is 0 Å². The van der Waals surface area contributed by atoms with E-state index in [9.17, 15) is 0 Å².